The van der Waals surface area contributed by atoms with Crippen LogP contribution in [0.4, 0.5) is 5.69 Å². The topological polar surface area (TPSA) is 174 Å². The number of hydrogen-bond donors (Lipinski definition) is 2. The summed E-state index contributed by atoms with van der Waals surface area (Å²) in [5.41, 5.74) is 0.950. The first-order valence-corrected chi connectivity index (χ1v) is 9.71. The van der Waals surface area contributed by atoms with Gasteiger partial charge in [0.1, 0.15) is 15.8 Å². The molecule has 1 aliphatic heterocycles. The van der Waals surface area contributed by atoms with E-state index >= 15 is 0 Å². The van der Waals surface area contributed by atoms with Gasteiger partial charge in [-0.1, -0.05) is 10.9 Å². The predicted octanol–water partition coefficient (Wildman–Crippen LogP) is -5.10. The van der Waals surface area contributed by atoms with Crippen LogP contribution in [-0.2, 0) is 20.7 Å². The molecule has 0 unspecified atom stereocenters. The molecule has 4 rings (SSSR count). The third kappa shape index (κ3) is 5.46. The summed E-state index contributed by atoms with van der Waals surface area (Å²) in [5.74, 6) is -0.709. The number of rotatable bonds is 2. The van der Waals surface area contributed by atoms with Crippen molar-refractivity contribution in [1.29, 1.82) is 0 Å². The maximum absolute atomic E-state index is 12.5. The maximum Gasteiger partial charge on any atom is 1.00 e. The van der Waals surface area contributed by atoms with Crippen molar-refractivity contribution in [3.63, 3.8) is 0 Å². The van der Waals surface area contributed by atoms with Gasteiger partial charge in [-0.15, -0.1) is 18.7 Å². The number of Topliss-reactive ketones (excluding diaryl/α,β-unsaturated/α-hetero) is 1. The molecule has 0 radical (unpaired) electrons. The first-order valence-electron chi connectivity index (χ1n) is 7.31. The predicted molar refractivity (Wildman–Crippen MR) is 93.4 cm³/mol. The SMILES string of the molecule is O=C1C(c2[nH]c3cc[c-]cc3c2O)=Nc2ccc(S(=O)(=O)[O-])cc21.O=S(=O)=O.[Na+].[Na+]. The Morgan fingerprint density at radius 3 is 2.33 bits per heavy atom. The van der Waals surface area contributed by atoms with Gasteiger partial charge in [0.25, 0.3) is 0 Å². The van der Waals surface area contributed by atoms with E-state index in [0.717, 1.165) is 12.1 Å². The van der Waals surface area contributed by atoms with Crippen molar-refractivity contribution in [2.45, 2.75) is 4.90 Å². The van der Waals surface area contributed by atoms with Gasteiger partial charge < -0.3 is 14.6 Å². The molecule has 30 heavy (non-hydrogen) atoms. The average Bonchev–Trinajstić information content (AvgIpc) is 3.11. The Morgan fingerprint density at radius 1 is 1.13 bits per heavy atom. The smallest absolute Gasteiger partial charge is 0.744 e. The monoisotopic (exact) mass is 466 g/mol. The Labute approximate surface area is 215 Å². The summed E-state index contributed by atoms with van der Waals surface area (Å²) in [6, 6.07) is 11.1. The molecule has 3 aromatic rings. The van der Waals surface area contributed by atoms with E-state index in [2.05, 4.69) is 16.0 Å². The summed E-state index contributed by atoms with van der Waals surface area (Å²) in [6.07, 6.45) is 0. The number of nitrogens with one attached hydrogen (secondary N) is 1. The summed E-state index contributed by atoms with van der Waals surface area (Å²) < 4.78 is 58.7. The third-order valence-corrected chi connectivity index (χ3v) is 4.63. The number of aromatic hydroxyl groups is 1. The number of aromatic amines is 1. The molecule has 1 aliphatic rings. The second kappa shape index (κ2) is 10.3. The number of aliphatic imine (C=N–C) groups is 1. The summed E-state index contributed by atoms with van der Waals surface area (Å²) in [4.78, 5) is 19.1. The first kappa shape index (κ1) is 26.7. The van der Waals surface area contributed by atoms with Crippen LogP contribution in [0.3, 0.4) is 0 Å². The number of nitrogens with zero attached hydrogens (tertiary/aromatic N) is 1. The van der Waals surface area contributed by atoms with Gasteiger partial charge in [-0.3, -0.25) is 4.79 Å². The molecule has 0 saturated carbocycles. The number of benzene rings is 2. The van der Waals surface area contributed by atoms with E-state index in [9.17, 15) is 22.9 Å². The molecule has 2 heterocycles. The largest absolute Gasteiger partial charge is 1.00 e. The van der Waals surface area contributed by atoms with Crippen molar-refractivity contribution in [3.05, 3.63) is 53.7 Å². The van der Waals surface area contributed by atoms with E-state index in [0.29, 0.717) is 10.9 Å². The fourth-order valence-electron chi connectivity index (χ4n) is 2.65. The molecule has 2 N–H and O–H groups in total. The molecule has 144 valence electrons. The van der Waals surface area contributed by atoms with E-state index in [1.165, 1.54) is 6.07 Å². The molecule has 0 bridgehead atoms. The Bertz CT molecular complexity index is 1370. The zero-order chi connectivity index (χ0) is 20.6. The van der Waals surface area contributed by atoms with Crippen molar-refractivity contribution in [2.75, 3.05) is 0 Å². The number of carbonyl (C=O) groups excluding carboxylic acids is 1. The van der Waals surface area contributed by atoms with Crippen LogP contribution in [0, 0.1) is 6.07 Å². The maximum atomic E-state index is 12.5. The minimum absolute atomic E-state index is 0. The van der Waals surface area contributed by atoms with Crippen LogP contribution in [0.2, 0.25) is 0 Å². The molecule has 1 aromatic heterocycles. The van der Waals surface area contributed by atoms with Crippen LogP contribution in [0.1, 0.15) is 16.1 Å². The number of ketones is 1. The molecule has 0 amide bonds. The van der Waals surface area contributed by atoms with E-state index in [1.54, 1.807) is 18.2 Å². The van der Waals surface area contributed by atoms with Crippen molar-refractivity contribution >= 4 is 48.8 Å². The van der Waals surface area contributed by atoms with E-state index in [4.69, 9.17) is 12.6 Å². The van der Waals surface area contributed by atoms with Crippen molar-refractivity contribution in [3.8, 4) is 5.75 Å². The van der Waals surface area contributed by atoms with Gasteiger partial charge in [0, 0.05) is 0 Å². The molecular formula is C16H8N2Na2O8S2. The van der Waals surface area contributed by atoms with Gasteiger partial charge in [-0.25, -0.2) is 13.4 Å². The molecular weight excluding hydrogens is 458 g/mol. The fraction of sp³-hybridized carbons (Fsp3) is 0. The Kier molecular flexibility index (Phi) is 9.17. The molecule has 0 saturated heterocycles. The summed E-state index contributed by atoms with van der Waals surface area (Å²) in [6.45, 7) is 0. The minimum Gasteiger partial charge on any atom is -0.744 e. The van der Waals surface area contributed by atoms with Crippen LogP contribution in [-0.4, -0.2) is 47.2 Å². The zero-order valence-electron chi connectivity index (χ0n) is 15.5. The third-order valence-electron chi connectivity index (χ3n) is 3.80. The van der Waals surface area contributed by atoms with Crippen LogP contribution >= 0.6 is 0 Å². The Hall–Kier alpha value is -1.35. The van der Waals surface area contributed by atoms with Crippen molar-refractivity contribution in [1.82, 2.24) is 4.98 Å². The normalized spacial score (nSPS) is 12.0. The summed E-state index contributed by atoms with van der Waals surface area (Å²) in [5, 5.41) is 10.8. The van der Waals surface area contributed by atoms with Crippen LogP contribution < -0.4 is 59.1 Å². The molecule has 2 aromatic carbocycles. The molecule has 0 aliphatic carbocycles. The van der Waals surface area contributed by atoms with Gasteiger partial charge in [0.2, 0.25) is 5.78 Å². The van der Waals surface area contributed by atoms with Crippen LogP contribution in [0.15, 0.2) is 46.3 Å². The Balaban J connectivity index is 0.000000692. The Morgan fingerprint density at radius 2 is 1.77 bits per heavy atom. The van der Waals surface area contributed by atoms with Gasteiger partial charge in [0.05, 0.1) is 27.6 Å². The number of hydrogen-bond acceptors (Lipinski definition) is 9. The summed E-state index contributed by atoms with van der Waals surface area (Å²) >= 11 is 0. The number of fused-ring (bicyclic) bond motifs is 2. The average molecular weight is 466 g/mol. The van der Waals surface area contributed by atoms with E-state index < -0.39 is 31.4 Å². The van der Waals surface area contributed by atoms with Gasteiger partial charge in [0.15, 0.2) is 0 Å². The molecule has 0 spiro atoms. The second-order valence-electron chi connectivity index (χ2n) is 5.45. The zero-order valence-corrected chi connectivity index (χ0v) is 21.2. The van der Waals surface area contributed by atoms with Gasteiger partial charge in [-0.05, 0) is 18.2 Å². The molecule has 14 heteroatoms. The van der Waals surface area contributed by atoms with E-state index in [1.807, 2.05) is 0 Å². The van der Waals surface area contributed by atoms with E-state index in [-0.39, 0.29) is 87.5 Å². The first-order chi connectivity index (χ1) is 13.1. The number of H-pyrrole nitrogens is 1. The second-order valence-corrected chi connectivity index (χ2v) is 7.23. The quantitative estimate of drug-likeness (QED) is 0.214. The van der Waals surface area contributed by atoms with Crippen molar-refractivity contribution < 1.29 is 94.6 Å². The minimum atomic E-state index is -4.67. The number of carbonyl (C=O) groups is 1. The molecule has 0 fully saturated rings. The summed E-state index contributed by atoms with van der Waals surface area (Å²) in [7, 11) is -7.78. The van der Waals surface area contributed by atoms with Gasteiger partial charge >= 0.3 is 69.7 Å². The number of aromatic nitrogens is 1. The van der Waals surface area contributed by atoms with Crippen molar-refractivity contribution in [2.24, 2.45) is 4.99 Å². The van der Waals surface area contributed by atoms with Gasteiger partial charge in [-0.2, -0.15) is 18.2 Å². The van der Waals surface area contributed by atoms with Crippen LogP contribution in [0.25, 0.3) is 10.9 Å². The fourth-order valence-corrected chi connectivity index (χ4v) is 3.15. The standard InChI is InChI=1S/C16H9N2O5S.2Na.O3S/c19-15-9-3-1-2-4-11(9)17-13(15)14-16(20)10-7-8(24(21,22)23)5-6-12(10)18-14;;;1-4(2)3/h2-7,17,19H,(H,21,22,23);;;/q-1;2*+1;/p-1. The molecule has 0 atom stereocenters. The van der Waals surface area contributed by atoms with Crippen LogP contribution in [0.5, 0.6) is 5.75 Å². The molecule has 10 nitrogen and oxygen atoms in total.